The van der Waals surface area contributed by atoms with Crippen LogP contribution in [0.5, 0.6) is 0 Å². The molecule has 0 spiro atoms. The van der Waals surface area contributed by atoms with Crippen LogP contribution in [-0.4, -0.2) is 30.5 Å². The van der Waals surface area contributed by atoms with Crippen LogP contribution in [0.1, 0.15) is 26.7 Å². The minimum atomic E-state index is -0.459. The van der Waals surface area contributed by atoms with Crippen molar-refractivity contribution in [3.05, 3.63) is 0 Å². The molecule has 0 fully saturated rings. The fourth-order valence-corrected chi connectivity index (χ4v) is 1.57. The second-order valence-corrected chi connectivity index (χ2v) is 3.46. The number of carbonyl (C=O) groups is 2. The largest absolute Gasteiger partial charge is 0.469 e. The van der Waals surface area contributed by atoms with Gasteiger partial charge >= 0.3 is 12.0 Å². The first-order valence-corrected chi connectivity index (χ1v) is 4.75. The molecule has 0 unspecified atom stereocenters. The molecule has 0 aromatic rings. The molecule has 0 atom stereocenters. The zero-order valence-corrected chi connectivity index (χ0v) is 9.11. The molecule has 0 N–H and O–H groups in total. The minimum Gasteiger partial charge on any atom is -0.469 e. The molecule has 1 aliphatic rings. The van der Waals surface area contributed by atoms with Crippen LogP contribution >= 0.6 is 0 Å². The Kier molecular flexibility index (Phi) is 3.71. The van der Waals surface area contributed by atoms with Gasteiger partial charge in [-0.2, -0.15) is 0 Å². The lowest BCUT2D eigenvalue weighted by Crippen LogP contribution is -2.26. The number of methoxy groups -OCH3 is 1. The lowest BCUT2D eigenvalue weighted by Gasteiger charge is -2.18. The van der Waals surface area contributed by atoms with Crippen LogP contribution in [0, 0.1) is 5.92 Å². The summed E-state index contributed by atoms with van der Waals surface area (Å²) in [7, 11) is 1.36. The van der Waals surface area contributed by atoms with E-state index in [0.29, 0.717) is 12.8 Å². The lowest BCUT2D eigenvalue weighted by molar-refractivity contribution is -0.140. The van der Waals surface area contributed by atoms with Gasteiger partial charge in [-0.05, 0) is 20.3 Å². The second kappa shape index (κ2) is 4.82. The summed E-state index contributed by atoms with van der Waals surface area (Å²) < 4.78 is 4.55. The number of ether oxygens (including phenoxy) is 1. The molecule has 5 nitrogen and oxygen atoms in total. The molecule has 0 aliphatic carbocycles. The molecule has 15 heavy (non-hydrogen) atoms. The van der Waals surface area contributed by atoms with Crippen LogP contribution in [0.25, 0.3) is 0 Å². The maximum absolute atomic E-state index is 11.0. The monoisotopic (exact) mass is 210 g/mol. The number of urea groups is 1. The van der Waals surface area contributed by atoms with E-state index in [2.05, 4.69) is 14.7 Å². The van der Waals surface area contributed by atoms with Crippen molar-refractivity contribution < 1.29 is 14.3 Å². The molecule has 1 rings (SSSR count). The molecule has 0 aromatic carbocycles. The molecular weight excluding hydrogens is 196 g/mol. The molecule has 0 saturated heterocycles. The van der Waals surface area contributed by atoms with Crippen molar-refractivity contribution in [1.82, 2.24) is 0 Å². The fraction of sp³-hybridized carbons (Fsp3) is 0.600. The summed E-state index contributed by atoms with van der Waals surface area (Å²) in [5, 5.41) is 0. The average molecular weight is 210 g/mol. The van der Waals surface area contributed by atoms with Crippen molar-refractivity contribution in [2.45, 2.75) is 26.7 Å². The second-order valence-electron chi connectivity index (χ2n) is 3.46. The molecule has 0 bridgehead atoms. The molecule has 2 amide bonds. The van der Waals surface area contributed by atoms with E-state index in [-0.39, 0.29) is 11.9 Å². The Labute approximate surface area is 88.2 Å². The lowest BCUT2D eigenvalue weighted by atomic mass is 9.93. The Hall–Kier alpha value is -1.52. The normalized spacial score (nSPS) is 17.1. The number of carbonyl (C=O) groups excluding carboxylic acids is 2. The highest BCUT2D eigenvalue weighted by Gasteiger charge is 2.22. The van der Waals surface area contributed by atoms with Crippen molar-refractivity contribution in [1.29, 1.82) is 0 Å². The molecule has 5 heteroatoms. The number of esters is 1. The molecule has 0 aromatic heterocycles. The quantitative estimate of drug-likeness (QED) is 0.664. The minimum absolute atomic E-state index is 0.0122. The topological polar surface area (TPSA) is 68.1 Å². The van der Waals surface area contributed by atoms with Gasteiger partial charge in [-0.1, -0.05) is 0 Å². The molecule has 82 valence electrons. The van der Waals surface area contributed by atoms with Crippen LogP contribution in [0.4, 0.5) is 4.79 Å². The first kappa shape index (κ1) is 11.6. The number of amides is 2. The van der Waals surface area contributed by atoms with Gasteiger partial charge < -0.3 is 4.74 Å². The Balaban J connectivity index is 2.62. The number of hydrogen-bond acceptors (Lipinski definition) is 3. The number of nitrogens with zero attached hydrogens (tertiary/aromatic N) is 2. The van der Waals surface area contributed by atoms with Gasteiger partial charge in [-0.15, -0.1) is 0 Å². The van der Waals surface area contributed by atoms with Crippen molar-refractivity contribution >= 4 is 23.4 Å². The summed E-state index contributed by atoms with van der Waals surface area (Å²) in [6.07, 6.45) is 0.902. The van der Waals surface area contributed by atoms with E-state index in [4.69, 9.17) is 0 Å². The summed E-state index contributed by atoms with van der Waals surface area (Å²) in [5.74, 6) is -0.269. The third-order valence-electron chi connectivity index (χ3n) is 2.42. The first-order valence-electron chi connectivity index (χ1n) is 4.75. The van der Waals surface area contributed by atoms with Crippen LogP contribution in [0.2, 0.25) is 0 Å². The maximum Gasteiger partial charge on any atom is 0.366 e. The van der Waals surface area contributed by atoms with E-state index in [1.165, 1.54) is 7.11 Å². The van der Waals surface area contributed by atoms with Crippen molar-refractivity contribution in [2.75, 3.05) is 7.11 Å². The maximum atomic E-state index is 11.0. The van der Waals surface area contributed by atoms with Crippen molar-refractivity contribution in [3.8, 4) is 0 Å². The van der Waals surface area contributed by atoms with E-state index in [1.807, 2.05) is 0 Å². The zero-order valence-electron chi connectivity index (χ0n) is 9.11. The molecular formula is C10H14N2O3. The van der Waals surface area contributed by atoms with Gasteiger partial charge in [0.2, 0.25) is 0 Å². The van der Waals surface area contributed by atoms with Crippen LogP contribution in [-0.2, 0) is 9.53 Å². The van der Waals surface area contributed by atoms with Crippen LogP contribution in [0.3, 0.4) is 0 Å². The Morgan fingerprint density at radius 1 is 1.33 bits per heavy atom. The van der Waals surface area contributed by atoms with Gasteiger partial charge in [-0.25, -0.2) is 14.8 Å². The Morgan fingerprint density at radius 2 is 1.87 bits per heavy atom. The fourth-order valence-electron chi connectivity index (χ4n) is 1.57. The summed E-state index contributed by atoms with van der Waals surface area (Å²) in [6.45, 7) is 3.55. The highest BCUT2D eigenvalue weighted by Crippen LogP contribution is 2.16. The van der Waals surface area contributed by atoms with E-state index in [9.17, 15) is 9.59 Å². The van der Waals surface area contributed by atoms with Gasteiger partial charge in [0.15, 0.2) is 0 Å². The van der Waals surface area contributed by atoms with E-state index in [1.54, 1.807) is 13.8 Å². The van der Waals surface area contributed by atoms with E-state index >= 15 is 0 Å². The SMILES string of the molecule is COC(=O)CCC1C(C)=NC(=O)N=C1C. The highest BCUT2D eigenvalue weighted by molar-refractivity contribution is 6.15. The molecule has 0 radical (unpaired) electrons. The van der Waals surface area contributed by atoms with E-state index in [0.717, 1.165) is 11.4 Å². The molecule has 0 saturated carbocycles. The van der Waals surface area contributed by atoms with Crippen LogP contribution < -0.4 is 0 Å². The number of hydrogen-bond donors (Lipinski definition) is 0. The first-order chi connectivity index (χ1) is 7.04. The average Bonchev–Trinajstić information content (AvgIpc) is 2.15. The van der Waals surface area contributed by atoms with Crippen LogP contribution in [0.15, 0.2) is 9.98 Å². The summed E-state index contributed by atoms with van der Waals surface area (Å²) in [6, 6.07) is -0.459. The Bertz CT molecular complexity index is 323. The summed E-state index contributed by atoms with van der Waals surface area (Å²) in [4.78, 5) is 29.4. The van der Waals surface area contributed by atoms with Crippen molar-refractivity contribution in [3.63, 3.8) is 0 Å². The predicted octanol–water partition coefficient (Wildman–Crippen LogP) is 1.61. The van der Waals surface area contributed by atoms with Gasteiger partial charge in [0.05, 0.1) is 7.11 Å². The predicted molar refractivity (Wildman–Crippen MR) is 56.4 cm³/mol. The number of aliphatic imine (C=N–C) groups is 2. The third-order valence-corrected chi connectivity index (χ3v) is 2.42. The van der Waals surface area contributed by atoms with E-state index < -0.39 is 6.03 Å². The Morgan fingerprint density at radius 3 is 2.33 bits per heavy atom. The number of rotatable bonds is 3. The van der Waals surface area contributed by atoms with Gasteiger partial charge in [0, 0.05) is 23.8 Å². The van der Waals surface area contributed by atoms with Crippen molar-refractivity contribution in [2.24, 2.45) is 15.9 Å². The van der Waals surface area contributed by atoms with Gasteiger partial charge in [-0.3, -0.25) is 4.79 Å². The standard InChI is InChI=1S/C10H14N2O3/c1-6-8(4-5-9(13)15-3)7(2)12-10(14)11-6/h8H,4-5H2,1-3H3. The smallest absolute Gasteiger partial charge is 0.366 e. The molecule has 1 heterocycles. The van der Waals surface area contributed by atoms with Gasteiger partial charge in [0.25, 0.3) is 0 Å². The third kappa shape index (κ3) is 2.97. The zero-order chi connectivity index (χ0) is 11.4. The molecule has 1 aliphatic heterocycles. The summed E-state index contributed by atoms with van der Waals surface area (Å²) in [5.41, 5.74) is 1.44. The highest BCUT2D eigenvalue weighted by atomic mass is 16.5. The summed E-state index contributed by atoms with van der Waals surface area (Å²) >= 11 is 0. The van der Waals surface area contributed by atoms with Gasteiger partial charge in [0.1, 0.15) is 0 Å².